The molecular formula is C26H43N3O4S. The lowest BCUT2D eigenvalue weighted by atomic mass is 9.96. The average Bonchev–Trinajstić information content (AvgIpc) is 2.65. The van der Waals surface area contributed by atoms with Gasteiger partial charge in [-0.2, -0.15) is 12.6 Å². The minimum atomic E-state index is -0.956. The summed E-state index contributed by atoms with van der Waals surface area (Å²) in [5, 5.41) is 5.67. The number of carbonyl (C=O) groups is 3. The van der Waals surface area contributed by atoms with Crippen molar-refractivity contribution in [1.82, 2.24) is 15.5 Å². The summed E-state index contributed by atoms with van der Waals surface area (Å²) in [6.07, 6.45) is -0.0761. The number of carbonyl (C=O) groups excluding carboxylic acids is 3. The number of benzene rings is 1. The molecule has 2 N–H and O–H groups in total. The third-order valence-electron chi connectivity index (χ3n) is 5.08. The van der Waals surface area contributed by atoms with E-state index in [-0.39, 0.29) is 23.6 Å². The summed E-state index contributed by atoms with van der Waals surface area (Å²) in [5.74, 6) is -0.601. The number of aryl methyl sites for hydroxylation is 2. The zero-order valence-electron chi connectivity index (χ0n) is 22.4. The topological polar surface area (TPSA) is 87.7 Å². The van der Waals surface area contributed by atoms with E-state index < -0.39 is 29.3 Å². The van der Waals surface area contributed by atoms with Crippen molar-refractivity contribution in [1.29, 1.82) is 0 Å². The van der Waals surface area contributed by atoms with Gasteiger partial charge < -0.3 is 20.3 Å². The molecule has 1 rings (SSSR count). The fourth-order valence-corrected chi connectivity index (χ4v) is 3.90. The van der Waals surface area contributed by atoms with Gasteiger partial charge in [0.1, 0.15) is 17.7 Å². The standard InChI is InChI=1S/C26H43N3O4S/c1-11-18(4)29(23(31)20(15-34)27-24(32)33-26(8,9)10)21(22(30)28-25(5,6)7)19-13-16(2)12-17(3)14-19/h12-14,18,20-21,34H,11,15H2,1-10H3,(H,27,32)(H,28,30). The lowest BCUT2D eigenvalue weighted by Crippen LogP contribution is -2.57. The van der Waals surface area contributed by atoms with Gasteiger partial charge in [0.25, 0.3) is 0 Å². The van der Waals surface area contributed by atoms with E-state index in [4.69, 9.17) is 4.74 Å². The van der Waals surface area contributed by atoms with Crippen molar-refractivity contribution < 1.29 is 19.1 Å². The highest BCUT2D eigenvalue weighted by atomic mass is 32.1. The second-order valence-corrected chi connectivity index (χ2v) is 11.3. The summed E-state index contributed by atoms with van der Waals surface area (Å²) >= 11 is 4.32. The van der Waals surface area contributed by atoms with Crippen molar-refractivity contribution in [3.63, 3.8) is 0 Å². The Balaban J connectivity index is 3.54. The van der Waals surface area contributed by atoms with Gasteiger partial charge in [-0.25, -0.2) is 4.79 Å². The summed E-state index contributed by atoms with van der Waals surface area (Å²) in [7, 11) is 0. The molecule has 0 aliphatic rings. The molecular weight excluding hydrogens is 450 g/mol. The molecule has 0 saturated carbocycles. The van der Waals surface area contributed by atoms with Crippen LogP contribution in [0, 0.1) is 13.8 Å². The van der Waals surface area contributed by atoms with Crippen LogP contribution in [-0.4, -0.2) is 51.8 Å². The molecule has 192 valence electrons. The highest BCUT2D eigenvalue weighted by molar-refractivity contribution is 7.80. The SMILES string of the molecule is CCC(C)N(C(=O)C(CS)NC(=O)OC(C)(C)C)C(C(=O)NC(C)(C)C)c1cc(C)cc(C)c1. The normalized spacial score (nSPS) is 14.6. The number of hydrogen-bond donors (Lipinski definition) is 3. The van der Waals surface area contributed by atoms with Crippen molar-refractivity contribution in [2.45, 2.75) is 105 Å². The van der Waals surface area contributed by atoms with Gasteiger partial charge in [0.15, 0.2) is 0 Å². The minimum Gasteiger partial charge on any atom is -0.444 e. The fourth-order valence-electron chi connectivity index (χ4n) is 3.65. The molecule has 8 heteroatoms. The van der Waals surface area contributed by atoms with Crippen LogP contribution in [0.3, 0.4) is 0 Å². The van der Waals surface area contributed by atoms with E-state index in [0.29, 0.717) is 6.42 Å². The van der Waals surface area contributed by atoms with Crippen LogP contribution >= 0.6 is 12.6 Å². The summed E-state index contributed by atoms with van der Waals surface area (Å²) in [6.45, 7) is 18.8. The summed E-state index contributed by atoms with van der Waals surface area (Å²) in [6, 6.07) is 3.79. The Bertz CT molecular complexity index is 854. The highest BCUT2D eigenvalue weighted by Crippen LogP contribution is 2.28. The molecule has 0 bridgehead atoms. The Morgan fingerprint density at radius 1 is 1.03 bits per heavy atom. The van der Waals surface area contributed by atoms with E-state index in [1.165, 1.54) is 0 Å². The average molecular weight is 494 g/mol. The molecule has 1 aromatic rings. The van der Waals surface area contributed by atoms with E-state index in [0.717, 1.165) is 16.7 Å². The molecule has 0 spiro atoms. The minimum absolute atomic E-state index is 0.0610. The maximum Gasteiger partial charge on any atom is 0.408 e. The lowest BCUT2D eigenvalue weighted by molar-refractivity contribution is -0.145. The predicted octanol–water partition coefficient (Wildman–Crippen LogP) is 4.71. The van der Waals surface area contributed by atoms with Crippen LogP contribution in [0.5, 0.6) is 0 Å². The molecule has 0 fully saturated rings. The zero-order chi connectivity index (χ0) is 26.4. The van der Waals surface area contributed by atoms with Gasteiger partial charge in [-0.3, -0.25) is 9.59 Å². The Hall–Kier alpha value is -2.22. The number of ether oxygens (including phenoxy) is 1. The van der Waals surface area contributed by atoms with E-state index in [1.807, 2.05) is 66.7 Å². The fraction of sp³-hybridized carbons (Fsp3) is 0.654. The second kappa shape index (κ2) is 12.0. The van der Waals surface area contributed by atoms with E-state index in [9.17, 15) is 14.4 Å². The van der Waals surface area contributed by atoms with E-state index >= 15 is 0 Å². The Labute approximate surface area is 210 Å². The van der Waals surface area contributed by atoms with Gasteiger partial charge >= 0.3 is 6.09 Å². The molecule has 0 aliphatic carbocycles. The summed E-state index contributed by atoms with van der Waals surface area (Å²) in [5.41, 5.74) is 1.52. The number of alkyl carbamates (subject to hydrolysis) is 1. The highest BCUT2D eigenvalue weighted by Gasteiger charge is 2.39. The van der Waals surface area contributed by atoms with E-state index in [2.05, 4.69) is 23.3 Å². The van der Waals surface area contributed by atoms with Gasteiger partial charge in [0, 0.05) is 17.3 Å². The van der Waals surface area contributed by atoms with Gasteiger partial charge in [-0.15, -0.1) is 0 Å². The zero-order valence-corrected chi connectivity index (χ0v) is 23.3. The van der Waals surface area contributed by atoms with Crippen LogP contribution in [0.15, 0.2) is 18.2 Å². The monoisotopic (exact) mass is 493 g/mol. The van der Waals surface area contributed by atoms with Gasteiger partial charge in [-0.1, -0.05) is 36.2 Å². The van der Waals surface area contributed by atoms with Gasteiger partial charge in [-0.05, 0) is 74.3 Å². The first-order valence-electron chi connectivity index (χ1n) is 11.8. The largest absolute Gasteiger partial charge is 0.444 e. The second-order valence-electron chi connectivity index (χ2n) is 10.9. The Kier molecular flexibility index (Phi) is 10.5. The first-order valence-corrected chi connectivity index (χ1v) is 12.4. The van der Waals surface area contributed by atoms with Crippen molar-refractivity contribution in [3.05, 3.63) is 34.9 Å². The molecule has 1 aromatic carbocycles. The molecule has 7 nitrogen and oxygen atoms in total. The molecule has 3 unspecified atom stereocenters. The Morgan fingerprint density at radius 3 is 1.97 bits per heavy atom. The first kappa shape index (κ1) is 29.8. The number of rotatable bonds is 8. The van der Waals surface area contributed by atoms with Crippen LogP contribution in [0.4, 0.5) is 4.79 Å². The molecule has 0 aliphatic heterocycles. The number of nitrogens with one attached hydrogen (secondary N) is 2. The maximum atomic E-state index is 13.9. The molecule has 0 heterocycles. The molecule has 34 heavy (non-hydrogen) atoms. The Morgan fingerprint density at radius 2 is 1.56 bits per heavy atom. The number of hydrogen-bond acceptors (Lipinski definition) is 5. The molecule has 0 radical (unpaired) electrons. The van der Waals surface area contributed by atoms with Crippen LogP contribution in [0.1, 0.15) is 84.5 Å². The molecule has 0 aromatic heterocycles. The summed E-state index contributed by atoms with van der Waals surface area (Å²) in [4.78, 5) is 41.5. The predicted molar refractivity (Wildman–Crippen MR) is 140 cm³/mol. The van der Waals surface area contributed by atoms with Crippen molar-refractivity contribution in [2.75, 3.05) is 5.75 Å². The van der Waals surface area contributed by atoms with Crippen molar-refractivity contribution in [3.8, 4) is 0 Å². The number of amides is 3. The number of thiol groups is 1. The molecule has 3 amide bonds. The third-order valence-corrected chi connectivity index (χ3v) is 5.44. The third kappa shape index (κ3) is 9.20. The first-order chi connectivity index (χ1) is 15.5. The number of nitrogens with zero attached hydrogens (tertiary/aromatic N) is 1. The van der Waals surface area contributed by atoms with Crippen molar-refractivity contribution >= 4 is 30.5 Å². The van der Waals surface area contributed by atoms with Crippen molar-refractivity contribution in [2.24, 2.45) is 0 Å². The van der Waals surface area contributed by atoms with Crippen LogP contribution in [0.2, 0.25) is 0 Å². The van der Waals surface area contributed by atoms with Crippen LogP contribution in [-0.2, 0) is 14.3 Å². The quantitative estimate of drug-likeness (QED) is 0.458. The van der Waals surface area contributed by atoms with Crippen LogP contribution < -0.4 is 10.6 Å². The van der Waals surface area contributed by atoms with Crippen LogP contribution in [0.25, 0.3) is 0 Å². The summed E-state index contributed by atoms with van der Waals surface area (Å²) < 4.78 is 5.34. The van der Waals surface area contributed by atoms with E-state index in [1.54, 1.807) is 25.7 Å². The molecule has 3 atom stereocenters. The van der Waals surface area contributed by atoms with Gasteiger partial charge in [0.2, 0.25) is 11.8 Å². The lowest BCUT2D eigenvalue weighted by Gasteiger charge is -2.39. The van der Waals surface area contributed by atoms with Gasteiger partial charge in [0.05, 0.1) is 0 Å². The maximum absolute atomic E-state index is 13.9. The molecule has 0 saturated heterocycles. The smallest absolute Gasteiger partial charge is 0.408 e.